The van der Waals surface area contributed by atoms with Crippen molar-refractivity contribution in [2.24, 2.45) is 56.7 Å². The van der Waals surface area contributed by atoms with Crippen LogP contribution in [-0.4, -0.2) is 78.1 Å². The molecule has 0 aromatic rings. The Morgan fingerprint density at radius 1 is 0.805 bits per heavy atom. The monoisotopic (exact) mass is 632 g/mol. The Labute approximate surface area is 262 Å². The standard InChI is InChI=1S/C36H61N2O2.BrH/c1-25(23-38-20-17-37(18-21-38)19-22-38)26-9-14-36(24-39)16-15-34(5)27(31(26)36)7-8-29-33(4)12-11-30(40)32(2,3)28(33)10-13-35(29,34)6;/h26-31,39-40H,1,7-24H2,2-6H3;1H/q+1;/p-1/t26-,27?,28?,29?,30-,31?,33-,34+,35+,36+;/m0./s1. The second-order valence-corrected chi connectivity index (χ2v) is 17.9. The Morgan fingerprint density at radius 3 is 2.15 bits per heavy atom. The van der Waals surface area contributed by atoms with E-state index in [2.05, 4.69) is 39.5 Å². The predicted molar refractivity (Wildman–Crippen MR) is 163 cm³/mol. The number of rotatable bonds is 4. The lowest BCUT2D eigenvalue weighted by Gasteiger charge is -2.73. The van der Waals surface area contributed by atoms with Crippen molar-refractivity contribution in [3.63, 3.8) is 0 Å². The molecule has 0 amide bonds. The first-order valence-electron chi connectivity index (χ1n) is 17.4. The molecule has 10 atom stereocenters. The van der Waals surface area contributed by atoms with Crippen LogP contribution in [0.25, 0.3) is 0 Å². The second-order valence-electron chi connectivity index (χ2n) is 17.9. The van der Waals surface area contributed by atoms with Crippen LogP contribution in [-0.2, 0) is 0 Å². The zero-order chi connectivity index (χ0) is 28.3. The van der Waals surface area contributed by atoms with Gasteiger partial charge in [-0.25, -0.2) is 0 Å². The second kappa shape index (κ2) is 10.0. The zero-order valence-electron chi connectivity index (χ0n) is 27.1. The minimum atomic E-state index is -0.152. The molecular weight excluding hydrogens is 572 g/mol. The van der Waals surface area contributed by atoms with Crippen molar-refractivity contribution in [2.75, 3.05) is 52.4 Å². The van der Waals surface area contributed by atoms with Crippen LogP contribution in [0.4, 0.5) is 0 Å². The molecule has 3 heterocycles. The van der Waals surface area contributed by atoms with Gasteiger partial charge in [-0.3, -0.25) is 4.90 Å². The molecule has 3 saturated heterocycles. The number of hydrogen-bond donors (Lipinski definition) is 2. The van der Waals surface area contributed by atoms with Crippen molar-refractivity contribution >= 4 is 0 Å². The minimum Gasteiger partial charge on any atom is -1.00 e. The van der Waals surface area contributed by atoms with Crippen molar-refractivity contribution in [1.82, 2.24) is 4.90 Å². The molecule has 5 saturated carbocycles. The van der Waals surface area contributed by atoms with Crippen molar-refractivity contribution in [1.29, 1.82) is 0 Å². The fourth-order valence-corrected chi connectivity index (χ4v) is 14.0. The predicted octanol–water partition coefficient (Wildman–Crippen LogP) is 3.13. The van der Waals surface area contributed by atoms with E-state index in [1.54, 1.807) is 5.57 Å². The summed E-state index contributed by atoms with van der Waals surface area (Å²) in [6.45, 7) is 27.1. The molecule has 8 fully saturated rings. The Hall–Kier alpha value is 0.0600. The molecule has 5 aliphatic carbocycles. The molecule has 2 bridgehead atoms. The van der Waals surface area contributed by atoms with Crippen molar-refractivity contribution < 1.29 is 31.7 Å². The summed E-state index contributed by atoms with van der Waals surface area (Å²) in [7, 11) is 0. The number of aliphatic hydroxyl groups excluding tert-OH is 2. The van der Waals surface area contributed by atoms with E-state index in [0.29, 0.717) is 46.5 Å². The number of piperazine rings is 3. The number of aliphatic hydroxyl groups is 2. The van der Waals surface area contributed by atoms with Crippen LogP contribution in [0.15, 0.2) is 12.2 Å². The van der Waals surface area contributed by atoms with Gasteiger partial charge < -0.3 is 31.7 Å². The molecule has 234 valence electrons. The first-order valence-corrected chi connectivity index (χ1v) is 17.4. The van der Waals surface area contributed by atoms with Gasteiger partial charge in [-0.05, 0) is 126 Å². The van der Waals surface area contributed by atoms with E-state index < -0.39 is 0 Å². The topological polar surface area (TPSA) is 43.7 Å². The SMILES string of the molecule is C=C(C[N+]12CCN(CC1)CC2)[C@@H]1CC[C@]2(CO)CC[C@]3(C)C(CCC4[C@@]5(C)CC[C@H](O)C(C)(C)C5CC[C@]43C)C12.[Br-]. The number of halogens is 1. The van der Waals surface area contributed by atoms with Gasteiger partial charge in [0.1, 0.15) is 6.54 Å². The van der Waals surface area contributed by atoms with E-state index in [4.69, 9.17) is 6.58 Å². The van der Waals surface area contributed by atoms with Gasteiger partial charge in [-0.2, -0.15) is 0 Å². The molecule has 8 rings (SSSR count). The molecule has 0 aromatic carbocycles. The molecule has 3 aliphatic heterocycles. The first-order chi connectivity index (χ1) is 18.8. The first kappa shape index (κ1) is 31.1. The van der Waals surface area contributed by atoms with Gasteiger partial charge in [0.15, 0.2) is 0 Å². The van der Waals surface area contributed by atoms with Crippen LogP contribution in [0.5, 0.6) is 0 Å². The molecule has 0 aromatic heterocycles. The molecule has 0 spiro atoms. The van der Waals surface area contributed by atoms with Gasteiger partial charge >= 0.3 is 0 Å². The van der Waals surface area contributed by atoms with Gasteiger partial charge in [0.2, 0.25) is 0 Å². The van der Waals surface area contributed by atoms with Crippen molar-refractivity contribution in [3.8, 4) is 0 Å². The van der Waals surface area contributed by atoms with Crippen LogP contribution in [0.3, 0.4) is 0 Å². The number of fused-ring (bicyclic) bond motifs is 10. The van der Waals surface area contributed by atoms with E-state index in [-0.39, 0.29) is 33.9 Å². The molecule has 8 aliphatic rings. The van der Waals surface area contributed by atoms with E-state index in [1.165, 1.54) is 108 Å². The molecule has 41 heavy (non-hydrogen) atoms. The Morgan fingerprint density at radius 2 is 1.49 bits per heavy atom. The van der Waals surface area contributed by atoms with Gasteiger partial charge in [0.25, 0.3) is 0 Å². The maximum atomic E-state index is 11.1. The summed E-state index contributed by atoms with van der Waals surface area (Å²) < 4.78 is 1.29. The fraction of sp³-hybridized carbons (Fsp3) is 0.944. The largest absolute Gasteiger partial charge is 1.00 e. The fourth-order valence-electron chi connectivity index (χ4n) is 14.0. The Kier molecular flexibility index (Phi) is 7.60. The smallest absolute Gasteiger partial charge is 0.100 e. The van der Waals surface area contributed by atoms with Crippen molar-refractivity contribution in [3.05, 3.63) is 12.2 Å². The Bertz CT molecular complexity index is 1020. The quantitative estimate of drug-likeness (QED) is 0.370. The molecule has 2 N–H and O–H groups in total. The summed E-state index contributed by atoms with van der Waals surface area (Å²) in [5, 5.41) is 22.1. The summed E-state index contributed by atoms with van der Waals surface area (Å²) in [5.41, 5.74) is 2.71. The zero-order valence-corrected chi connectivity index (χ0v) is 28.7. The van der Waals surface area contributed by atoms with Gasteiger partial charge in [-0.15, -0.1) is 0 Å². The van der Waals surface area contributed by atoms with Crippen LogP contribution in [0.1, 0.15) is 98.8 Å². The van der Waals surface area contributed by atoms with E-state index >= 15 is 0 Å². The average Bonchev–Trinajstić information content (AvgIpc) is 3.33. The van der Waals surface area contributed by atoms with E-state index in [0.717, 1.165) is 12.3 Å². The third-order valence-corrected chi connectivity index (χ3v) is 16.6. The number of hydrogen-bond acceptors (Lipinski definition) is 3. The van der Waals surface area contributed by atoms with Crippen molar-refractivity contribution in [2.45, 2.75) is 105 Å². The third kappa shape index (κ3) is 4.09. The molecular formula is C36H61BrN2O2. The molecule has 4 unspecified atom stereocenters. The normalized spacial score (nSPS) is 55.1. The van der Waals surface area contributed by atoms with Gasteiger partial charge in [0.05, 0.1) is 25.7 Å². The van der Waals surface area contributed by atoms with Gasteiger partial charge in [0, 0.05) is 26.2 Å². The van der Waals surface area contributed by atoms with Crippen LogP contribution < -0.4 is 17.0 Å². The van der Waals surface area contributed by atoms with Crippen LogP contribution >= 0.6 is 0 Å². The highest BCUT2D eigenvalue weighted by atomic mass is 79.9. The number of quaternary nitrogens is 1. The maximum absolute atomic E-state index is 11.1. The minimum absolute atomic E-state index is 0. The highest BCUT2D eigenvalue weighted by Gasteiger charge is 2.71. The average molecular weight is 634 g/mol. The van der Waals surface area contributed by atoms with E-state index in [9.17, 15) is 10.2 Å². The molecule has 0 radical (unpaired) electrons. The van der Waals surface area contributed by atoms with Gasteiger partial charge in [-0.1, -0.05) is 41.2 Å². The summed E-state index contributed by atoms with van der Waals surface area (Å²) >= 11 is 0. The van der Waals surface area contributed by atoms with E-state index in [1.807, 2.05) is 0 Å². The number of nitrogens with zero attached hydrogens (tertiary/aromatic N) is 2. The van der Waals surface area contributed by atoms with Crippen LogP contribution in [0, 0.1) is 56.7 Å². The third-order valence-electron chi connectivity index (χ3n) is 16.6. The summed E-state index contributed by atoms with van der Waals surface area (Å²) in [6, 6.07) is 0. The summed E-state index contributed by atoms with van der Waals surface area (Å²) in [6.07, 6.45) is 12.3. The lowest BCUT2D eigenvalue weighted by atomic mass is 9.32. The summed E-state index contributed by atoms with van der Waals surface area (Å²) in [5.74, 6) is 3.29. The highest BCUT2D eigenvalue weighted by molar-refractivity contribution is 5.22. The Balaban J connectivity index is 0.00000302. The molecule has 5 heteroatoms. The van der Waals surface area contributed by atoms with Crippen LogP contribution in [0.2, 0.25) is 0 Å². The lowest BCUT2D eigenvalue weighted by molar-refractivity contribution is -0.937. The maximum Gasteiger partial charge on any atom is 0.100 e. The molecule has 4 nitrogen and oxygen atoms in total. The lowest BCUT2D eigenvalue weighted by Crippen LogP contribution is -3.00. The summed E-state index contributed by atoms with van der Waals surface area (Å²) in [4.78, 5) is 2.66. The highest BCUT2D eigenvalue weighted by Crippen LogP contribution is 2.77.